The molecule has 2 rings (SSSR count). The van der Waals surface area contributed by atoms with E-state index in [1.165, 1.54) is 18.3 Å². The molecule has 0 spiro atoms. The maximum Gasteiger partial charge on any atom is 0.410 e. The molecule has 0 N–H and O–H groups in total. The van der Waals surface area contributed by atoms with E-state index in [1.807, 2.05) is 25.7 Å². The van der Waals surface area contributed by atoms with Gasteiger partial charge in [-0.3, -0.25) is 10.1 Å². The van der Waals surface area contributed by atoms with Crippen LogP contribution in [0.3, 0.4) is 0 Å². The van der Waals surface area contributed by atoms with Crippen molar-refractivity contribution in [2.75, 3.05) is 13.2 Å². The lowest BCUT2D eigenvalue weighted by Gasteiger charge is -2.36. The Bertz CT molecular complexity index is 612. The van der Waals surface area contributed by atoms with Gasteiger partial charge in [0, 0.05) is 24.7 Å². The highest BCUT2D eigenvalue weighted by Gasteiger charge is 2.30. The molecule has 1 aromatic heterocycles. The van der Waals surface area contributed by atoms with Gasteiger partial charge >= 0.3 is 6.09 Å². The molecule has 144 valence electrons. The van der Waals surface area contributed by atoms with Gasteiger partial charge in [0.15, 0.2) is 0 Å². The summed E-state index contributed by atoms with van der Waals surface area (Å²) in [6.07, 6.45) is 5.60. The summed E-state index contributed by atoms with van der Waals surface area (Å²) in [6, 6.07) is 3.02. The van der Waals surface area contributed by atoms with Crippen LogP contribution in [0.25, 0.3) is 0 Å². The average molecular weight is 365 g/mol. The van der Waals surface area contributed by atoms with Crippen LogP contribution in [0.15, 0.2) is 18.3 Å². The lowest BCUT2D eigenvalue weighted by atomic mass is 9.98. The predicted octanol–water partition coefficient (Wildman–Crippen LogP) is 3.94. The highest BCUT2D eigenvalue weighted by molar-refractivity contribution is 5.68. The fraction of sp³-hybridized carbons (Fsp3) is 0.667. The molecule has 2 heterocycles. The Morgan fingerprint density at radius 3 is 2.77 bits per heavy atom. The van der Waals surface area contributed by atoms with E-state index in [2.05, 4.69) is 4.98 Å². The van der Waals surface area contributed by atoms with E-state index in [4.69, 9.17) is 9.47 Å². The van der Waals surface area contributed by atoms with Gasteiger partial charge in [-0.1, -0.05) is 0 Å². The molecule has 1 unspecified atom stereocenters. The number of piperidine rings is 1. The monoisotopic (exact) mass is 365 g/mol. The predicted molar refractivity (Wildman–Crippen MR) is 96.2 cm³/mol. The second-order valence-corrected chi connectivity index (χ2v) is 7.43. The third-order valence-electron chi connectivity index (χ3n) is 4.12. The van der Waals surface area contributed by atoms with Crippen LogP contribution in [0.4, 0.5) is 10.5 Å². The van der Waals surface area contributed by atoms with Gasteiger partial charge in [-0.25, -0.2) is 9.78 Å². The van der Waals surface area contributed by atoms with Gasteiger partial charge in [0.1, 0.15) is 11.8 Å². The van der Waals surface area contributed by atoms with Crippen LogP contribution in [-0.2, 0) is 4.74 Å². The van der Waals surface area contributed by atoms with Gasteiger partial charge in [-0.05, 0) is 52.9 Å². The van der Waals surface area contributed by atoms with Crippen molar-refractivity contribution in [3.05, 3.63) is 28.4 Å². The first-order valence-corrected chi connectivity index (χ1v) is 8.99. The van der Waals surface area contributed by atoms with Crippen LogP contribution < -0.4 is 4.74 Å². The highest BCUT2D eigenvalue weighted by Crippen LogP contribution is 2.23. The highest BCUT2D eigenvalue weighted by atomic mass is 16.6. The van der Waals surface area contributed by atoms with E-state index in [9.17, 15) is 14.9 Å². The Morgan fingerprint density at radius 2 is 2.15 bits per heavy atom. The number of hydrogen-bond donors (Lipinski definition) is 0. The molecule has 1 fully saturated rings. The quantitative estimate of drug-likeness (QED) is 0.430. The van der Waals surface area contributed by atoms with Gasteiger partial charge in [-0.2, -0.15) is 0 Å². The molecule has 0 saturated carbocycles. The summed E-state index contributed by atoms with van der Waals surface area (Å²) in [7, 11) is 0. The number of amides is 1. The zero-order valence-corrected chi connectivity index (χ0v) is 15.6. The van der Waals surface area contributed by atoms with Crippen molar-refractivity contribution in [3.8, 4) is 5.88 Å². The lowest BCUT2D eigenvalue weighted by Crippen LogP contribution is -2.46. The van der Waals surface area contributed by atoms with Crippen LogP contribution in [-0.4, -0.2) is 45.7 Å². The number of rotatable bonds is 6. The summed E-state index contributed by atoms with van der Waals surface area (Å²) in [6.45, 7) is 6.78. The van der Waals surface area contributed by atoms with E-state index in [0.717, 1.165) is 38.6 Å². The van der Waals surface area contributed by atoms with Crippen molar-refractivity contribution in [1.82, 2.24) is 9.88 Å². The van der Waals surface area contributed by atoms with E-state index >= 15 is 0 Å². The molecule has 0 aliphatic carbocycles. The number of ether oxygens (including phenoxy) is 2. The van der Waals surface area contributed by atoms with Gasteiger partial charge in [0.05, 0.1) is 11.5 Å². The average Bonchev–Trinajstić information content (AvgIpc) is 2.58. The van der Waals surface area contributed by atoms with E-state index in [1.54, 1.807) is 0 Å². The molecule has 1 saturated heterocycles. The third-order valence-corrected chi connectivity index (χ3v) is 4.12. The largest absolute Gasteiger partial charge is 0.478 e. The lowest BCUT2D eigenvalue weighted by molar-refractivity contribution is -0.385. The molecule has 0 radical (unpaired) electrons. The van der Waals surface area contributed by atoms with Crippen LogP contribution in [0.2, 0.25) is 0 Å². The normalized spacial score (nSPS) is 17.7. The van der Waals surface area contributed by atoms with Crippen LogP contribution >= 0.6 is 0 Å². The Balaban J connectivity index is 1.79. The van der Waals surface area contributed by atoms with Crippen LogP contribution in [0.1, 0.15) is 52.9 Å². The minimum absolute atomic E-state index is 0.0624. The summed E-state index contributed by atoms with van der Waals surface area (Å²) in [4.78, 5) is 28.2. The van der Waals surface area contributed by atoms with Crippen molar-refractivity contribution in [1.29, 1.82) is 0 Å². The summed E-state index contributed by atoms with van der Waals surface area (Å²) in [5.41, 5.74) is -0.559. The second kappa shape index (κ2) is 8.82. The topological polar surface area (TPSA) is 94.8 Å². The third kappa shape index (κ3) is 6.16. The molecule has 1 amide bonds. The van der Waals surface area contributed by atoms with Crippen LogP contribution in [0.5, 0.6) is 5.88 Å². The number of nitro groups is 1. The maximum absolute atomic E-state index is 12.4. The molecule has 26 heavy (non-hydrogen) atoms. The maximum atomic E-state index is 12.4. The number of aromatic nitrogens is 1. The summed E-state index contributed by atoms with van der Waals surface area (Å²) < 4.78 is 11.0. The summed E-state index contributed by atoms with van der Waals surface area (Å²) in [5.74, 6) is 0.364. The van der Waals surface area contributed by atoms with Crippen molar-refractivity contribution in [2.45, 2.75) is 64.5 Å². The molecule has 1 aliphatic rings. The van der Waals surface area contributed by atoms with E-state index in [-0.39, 0.29) is 17.8 Å². The molecule has 1 aromatic rings. The van der Waals surface area contributed by atoms with Gasteiger partial charge in [-0.15, -0.1) is 0 Å². The number of hydrogen-bond acceptors (Lipinski definition) is 6. The van der Waals surface area contributed by atoms with Crippen molar-refractivity contribution in [2.24, 2.45) is 0 Å². The molecule has 1 atom stereocenters. The molecule has 1 aliphatic heterocycles. The first-order chi connectivity index (χ1) is 12.3. The van der Waals surface area contributed by atoms with Gasteiger partial charge in [0.2, 0.25) is 5.88 Å². The van der Waals surface area contributed by atoms with Crippen molar-refractivity contribution in [3.63, 3.8) is 0 Å². The number of carbonyl (C=O) groups is 1. The minimum Gasteiger partial charge on any atom is -0.478 e. The molecule has 8 heteroatoms. The first kappa shape index (κ1) is 19.9. The number of likely N-dealkylation sites (tertiary alicyclic amines) is 1. The Kier molecular flexibility index (Phi) is 6.76. The van der Waals surface area contributed by atoms with Crippen molar-refractivity contribution < 1.29 is 19.2 Å². The van der Waals surface area contributed by atoms with Gasteiger partial charge < -0.3 is 14.4 Å². The Labute approximate surface area is 153 Å². The molecular weight excluding hydrogens is 338 g/mol. The zero-order chi connectivity index (χ0) is 19.2. The number of carbonyl (C=O) groups excluding carboxylic acids is 1. The number of pyridine rings is 1. The Morgan fingerprint density at radius 1 is 1.38 bits per heavy atom. The molecule has 0 bridgehead atoms. The van der Waals surface area contributed by atoms with E-state index < -0.39 is 10.5 Å². The molecule has 8 nitrogen and oxygen atoms in total. The number of nitrogens with zero attached hydrogens (tertiary/aromatic N) is 3. The SMILES string of the molecule is CC(C)(C)OC(=O)N1CCCCC1CCCOc1ccc([N+](=O)[O-])cn1. The smallest absolute Gasteiger partial charge is 0.410 e. The molecular formula is C18H27N3O5. The molecule has 0 aromatic carbocycles. The summed E-state index contributed by atoms with van der Waals surface area (Å²) >= 11 is 0. The zero-order valence-electron chi connectivity index (χ0n) is 15.6. The second-order valence-electron chi connectivity index (χ2n) is 7.43. The fourth-order valence-corrected chi connectivity index (χ4v) is 2.92. The van der Waals surface area contributed by atoms with E-state index in [0.29, 0.717) is 12.5 Å². The van der Waals surface area contributed by atoms with Crippen molar-refractivity contribution >= 4 is 11.8 Å². The summed E-state index contributed by atoms with van der Waals surface area (Å²) in [5, 5.41) is 10.6. The van der Waals surface area contributed by atoms with Gasteiger partial charge in [0.25, 0.3) is 5.69 Å². The first-order valence-electron chi connectivity index (χ1n) is 8.99. The standard InChI is InChI=1S/C18H27N3O5/c1-18(2,3)26-17(22)20-11-5-4-7-14(20)8-6-12-25-16-10-9-15(13-19-16)21(23)24/h9-10,13-14H,4-8,11-12H2,1-3H3. The Hall–Kier alpha value is -2.38. The fourth-order valence-electron chi connectivity index (χ4n) is 2.92. The van der Waals surface area contributed by atoms with Crippen LogP contribution in [0, 0.1) is 10.1 Å². The minimum atomic E-state index is -0.496.